The van der Waals surface area contributed by atoms with Crippen LogP contribution >= 0.6 is 0 Å². The van der Waals surface area contributed by atoms with E-state index in [1.807, 2.05) is 0 Å². The molecule has 0 spiro atoms. The Morgan fingerprint density at radius 1 is 1.04 bits per heavy atom. The highest BCUT2D eigenvalue weighted by Crippen LogP contribution is 2.37. The highest BCUT2D eigenvalue weighted by Gasteiger charge is 2.16. The molecular weight excluding hydrogens is 328 g/mol. The molecule has 0 saturated heterocycles. The van der Waals surface area contributed by atoms with Crippen LogP contribution in [-0.4, -0.2) is 17.0 Å². The number of rotatable bonds is 2. The van der Waals surface area contributed by atoms with Gasteiger partial charge in [0.1, 0.15) is 17.4 Å². The molecule has 0 aromatic heterocycles. The minimum atomic E-state index is -0.911. The van der Waals surface area contributed by atoms with E-state index in [0.29, 0.717) is 22.4 Å². The van der Waals surface area contributed by atoms with Gasteiger partial charge in [-0.05, 0) is 28.5 Å². The summed E-state index contributed by atoms with van der Waals surface area (Å²) < 4.78 is 27.5. The molecule has 0 aliphatic heterocycles. The van der Waals surface area contributed by atoms with Crippen LogP contribution in [0.4, 0.5) is 8.78 Å². The van der Waals surface area contributed by atoms with Crippen molar-refractivity contribution in [3.8, 4) is 16.9 Å². The van der Waals surface area contributed by atoms with Crippen molar-refractivity contribution in [2.24, 2.45) is 16.5 Å². The largest absolute Gasteiger partial charge is 0.507 e. The summed E-state index contributed by atoms with van der Waals surface area (Å²) in [6, 6.07) is 11.2. The summed E-state index contributed by atoms with van der Waals surface area (Å²) in [5.74, 6) is -3.36. The number of aromatic hydroxyl groups is 1. The van der Waals surface area contributed by atoms with Crippen LogP contribution in [0.1, 0.15) is 10.4 Å². The van der Waals surface area contributed by atoms with Crippen LogP contribution in [0, 0.1) is 11.6 Å². The first kappa shape index (κ1) is 16.4. The van der Waals surface area contributed by atoms with Crippen molar-refractivity contribution in [1.82, 2.24) is 0 Å². The maximum atomic E-state index is 14.2. The molecular formula is C18H13F2N3O2. The van der Waals surface area contributed by atoms with Crippen molar-refractivity contribution in [3.63, 3.8) is 0 Å². The average Bonchev–Trinajstić information content (AvgIpc) is 2.53. The number of amides is 1. The van der Waals surface area contributed by atoms with E-state index in [4.69, 9.17) is 11.5 Å². The lowest BCUT2D eigenvalue weighted by Gasteiger charge is -2.11. The predicted molar refractivity (Wildman–Crippen MR) is 91.1 cm³/mol. The zero-order valence-corrected chi connectivity index (χ0v) is 12.8. The third-order valence-corrected chi connectivity index (χ3v) is 3.66. The van der Waals surface area contributed by atoms with Crippen molar-refractivity contribution in [2.75, 3.05) is 0 Å². The zero-order valence-electron chi connectivity index (χ0n) is 12.8. The lowest BCUT2D eigenvalue weighted by molar-refractivity contribution is 0.100. The van der Waals surface area contributed by atoms with Gasteiger partial charge in [-0.25, -0.2) is 8.78 Å². The van der Waals surface area contributed by atoms with Gasteiger partial charge < -0.3 is 16.6 Å². The quantitative estimate of drug-likeness (QED) is 0.493. The van der Waals surface area contributed by atoms with E-state index in [9.17, 15) is 18.7 Å². The molecule has 0 aliphatic carbocycles. The van der Waals surface area contributed by atoms with Gasteiger partial charge in [0.05, 0.1) is 5.56 Å². The lowest BCUT2D eigenvalue weighted by atomic mass is 9.95. The first-order valence-corrected chi connectivity index (χ1v) is 7.22. The van der Waals surface area contributed by atoms with Gasteiger partial charge in [-0.15, -0.1) is 0 Å². The molecule has 1 amide bonds. The van der Waals surface area contributed by atoms with E-state index >= 15 is 0 Å². The van der Waals surface area contributed by atoms with E-state index in [1.165, 1.54) is 12.1 Å². The van der Waals surface area contributed by atoms with Gasteiger partial charge in [0, 0.05) is 17.7 Å². The third kappa shape index (κ3) is 3.12. The fourth-order valence-corrected chi connectivity index (χ4v) is 2.63. The summed E-state index contributed by atoms with van der Waals surface area (Å²) in [6.07, 6.45) is 0. The Labute approximate surface area is 141 Å². The molecule has 5 N–H and O–H groups in total. The number of benzene rings is 3. The molecule has 0 radical (unpaired) electrons. The molecule has 0 fully saturated rings. The molecule has 25 heavy (non-hydrogen) atoms. The third-order valence-electron chi connectivity index (χ3n) is 3.66. The number of guanidine groups is 1. The highest BCUT2D eigenvalue weighted by molar-refractivity contribution is 6.06. The Balaban J connectivity index is 2.27. The number of nitrogens with two attached hydrogens (primary N) is 2. The number of halogens is 2. The Morgan fingerprint density at radius 3 is 2.48 bits per heavy atom. The number of hydrogen-bond acceptors (Lipinski definition) is 2. The van der Waals surface area contributed by atoms with E-state index in [2.05, 4.69) is 4.99 Å². The van der Waals surface area contributed by atoms with Crippen LogP contribution in [0.3, 0.4) is 0 Å². The molecule has 3 aromatic rings. The SMILES string of the molecule is NC(N)=NC(=O)c1ccc2cccc(-c3c(O)cc(F)cc3F)c2c1. The second-order valence-electron chi connectivity index (χ2n) is 5.37. The molecule has 0 unspecified atom stereocenters. The Hall–Kier alpha value is -3.48. The highest BCUT2D eigenvalue weighted by atomic mass is 19.1. The number of hydrogen-bond donors (Lipinski definition) is 3. The molecule has 0 atom stereocenters. The molecule has 3 aromatic carbocycles. The first-order chi connectivity index (χ1) is 11.9. The molecule has 0 heterocycles. The van der Waals surface area contributed by atoms with Gasteiger partial charge >= 0.3 is 0 Å². The van der Waals surface area contributed by atoms with Crippen LogP contribution in [0.5, 0.6) is 5.75 Å². The van der Waals surface area contributed by atoms with Crippen molar-refractivity contribution >= 4 is 22.6 Å². The minimum absolute atomic E-state index is 0.154. The van der Waals surface area contributed by atoms with E-state index < -0.39 is 23.3 Å². The molecule has 0 bridgehead atoms. The molecule has 7 heteroatoms. The minimum Gasteiger partial charge on any atom is -0.507 e. The smallest absolute Gasteiger partial charge is 0.280 e. The van der Waals surface area contributed by atoms with Gasteiger partial charge in [0.15, 0.2) is 5.96 Å². The Morgan fingerprint density at radius 2 is 1.80 bits per heavy atom. The average molecular weight is 341 g/mol. The summed E-state index contributed by atoms with van der Waals surface area (Å²) in [5, 5.41) is 11.2. The second-order valence-corrected chi connectivity index (χ2v) is 5.37. The molecule has 5 nitrogen and oxygen atoms in total. The molecule has 0 aliphatic rings. The molecule has 0 saturated carbocycles. The van der Waals surface area contributed by atoms with Crippen molar-refractivity contribution < 1.29 is 18.7 Å². The number of phenols is 1. The number of phenolic OH excluding ortho intramolecular Hbond substituents is 1. The van der Waals surface area contributed by atoms with Crippen LogP contribution < -0.4 is 11.5 Å². The van der Waals surface area contributed by atoms with Crippen LogP contribution in [0.2, 0.25) is 0 Å². The summed E-state index contributed by atoms with van der Waals surface area (Å²) in [5.41, 5.74) is 10.8. The fraction of sp³-hybridized carbons (Fsp3) is 0. The normalized spacial score (nSPS) is 10.6. The first-order valence-electron chi connectivity index (χ1n) is 7.22. The summed E-state index contributed by atoms with van der Waals surface area (Å²) >= 11 is 0. The maximum Gasteiger partial charge on any atom is 0.280 e. The second kappa shape index (κ2) is 6.20. The van der Waals surface area contributed by atoms with Crippen molar-refractivity contribution in [3.05, 3.63) is 65.7 Å². The van der Waals surface area contributed by atoms with Crippen LogP contribution in [0.25, 0.3) is 21.9 Å². The maximum absolute atomic E-state index is 14.2. The van der Waals surface area contributed by atoms with Crippen molar-refractivity contribution in [2.45, 2.75) is 0 Å². The Kier molecular flexibility index (Phi) is 4.06. The van der Waals surface area contributed by atoms with Gasteiger partial charge in [-0.2, -0.15) is 4.99 Å². The monoisotopic (exact) mass is 341 g/mol. The standard InChI is InChI=1S/C18H13F2N3O2/c19-11-7-14(20)16(15(24)8-11)12-3-1-2-9-4-5-10(6-13(9)12)17(25)23-18(21)22/h1-8,24H,(H4,21,22,23,25). The van der Waals surface area contributed by atoms with Crippen LogP contribution in [0.15, 0.2) is 53.5 Å². The summed E-state index contributed by atoms with van der Waals surface area (Å²) in [4.78, 5) is 15.5. The summed E-state index contributed by atoms with van der Waals surface area (Å²) in [6.45, 7) is 0. The molecule has 126 valence electrons. The van der Waals surface area contributed by atoms with Crippen molar-refractivity contribution in [1.29, 1.82) is 0 Å². The number of fused-ring (bicyclic) bond motifs is 1. The predicted octanol–water partition coefficient (Wildman–Crippen LogP) is 2.90. The van der Waals surface area contributed by atoms with E-state index in [0.717, 1.165) is 6.07 Å². The van der Waals surface area contributed by atoms with Gasteiger partial charge in [0.2, 0.25) is 0 Å². The number of carbonyl (C=O) groups excluding carboxylic acids is 1. The van der Waals surface area contributed by atoms with Gasteiger partial charge in [-0.3, -0.25) is 4.79 Å². The lowest BCUT2D eigenvalue weighted by Crippen LogP contribution is -2.24. The summed E-state index contributed by atoms with van der Waals surface area (Å²) in [7, 11) is 0. The van der Waals surface area contributed by atoms with Crippen LogP contribution in [-0.2, 0) is 0 Å². The van der Waals surface area contributed by atoms with Gasteiger partial charge in [-0.1, -0.05) is 24.3 Å². The van der Waals surface area contributed by atoms with E-state index in [-0.39, 0.29) is 17.1 Å². The number of aliphatic imine (C=N–C) groups is 1. The number of carbonyl (C=O) groups is 1. The van der Waals surface area contributed by atoms with Gasteiger partial charge in [0.25, 0.3) is 5.91 Å². The topological polar surface area (TPSA) is 102 Å². The zero-order chi connectivity index (χ0) is 18.1. The molecule has 3 rings (SSSR count). The number of nitrogens with zero attached hydrogens (tertiary/aromatic N) is 1. The Bertz CT molecular complexity index is 1010. The van der Waals surface area contributed by atoms with E-state index in [1.54, 1.807) is 24.3 Å². The fourth-order valence-electron chi connectivity index (χ4n) is 2.63.